The molecule has 24 heavy (non-hydrogen) atoms. The number of hydrogen-bond donors (Lipinski definition) is 1. The van der Waals surface area contributed by atoms with Gasteiger partial charge in [-0.3, -0.25) is 0 Å². The van der Waals surface area contributed by atoms with E-state index in [2.05, 4.69) is 31.5 Å². The molecule has 4 rings (SSSR count). The second-order valence-corrected chi connectivity index (χ2v) is 6.77. The highest BCUT2D eigenvalue weighted by molar-refractivity contribution is 5.39. The molecule has 4 heterocycles. The van der Waals surface area contributed by atoms with Crippen molar-refractivity contribution in [1.82, 2.24) is 15.2 Å². The lowest BCUT2D eigenvalue weighted by Crippen LogP contribution is -2.44. The van der Waals surface area contributed by atoms with E-state index in [9.17, 15) is 0 Å². The van der Waals surface area contributed by atoms with Crippen LogP contribution in [0, 0.1) is 6.92 Å². The average molecular weight is 325 g/mol. The van der Waals surface area contributed by atoms with Gasteiger partial charge in [0.1, 0.15) is 5.82 Å². The average Bonchev–Trinajstić information content (AvgIpc) is 3.00. The van der Waals surface area contributed by atoms with Crippen molar-refractivity contribution in [2.75, 3.05) is 29.9 Å². The molecule has 6 nitrogen and oxygen atoms in total. The molecule has 0 saturated carbocycles. The Kier molecular flexibility index (Phi) is 4.06. The minimum atomic E-state index is 0.00106. The highest BCUT2D eigenvalue weighted by atomic mass is 16.5. The molecule has 0 aliphatic carbocycles. The number of nitrogens with one attached hydrogen (secondary N) is 1. The third kappa shape index (κ3) is 3.19. The van der Waals surface area contributed by atoms with E-state index in [0.29, 0.717) is 6.04 Å². The van der Waals surface area contributed by atoms with Gasteiger partial charge < -0.3 is 15.0 Å². The SMILES string of the molecule is Cc1ccc(N2CCC3(CC2)CC(Nc2ccccn2)CO3)nn1. The summed E-state index contributed by atoms with van der Waals surface area (Å²) in [6, 6.07) is 10.4. The normalized spacial score (nSPS) is 22.7. The van der Waals surface area contributed by atoms with Gasteiger partial charge in [-0.15, -0.1) is 5.10 Å². The highest BCUT2D eigenvalue weighted by Gasteiger charge is 2.43. The first-order valence-electron chi connectivity index (χ1n) is 8.59. The molecule has 2 saturated heterocycles. The molecule has 0 amide bonds. The molecular weight excluding hydrogens is 302 g/mol. The molecule has 2 aliphatic heterocycles. The lowest BCUT2D eigenvalue weighted by molar-refractivity contribution is -0.0148. The molecule has 0 aromatic carbocycles. The van der Waals surface area contributed by atoms with Crippen LogP contribution in [0.1, 0.15) is 25.0 Å². The maximum atomic E-state index is 6.22. The van der Waals surface area contributed by atoms with Crippen molar-refractivity contribution in [2.45, 2.75) is 37.8 Å². The van der Waals surface area contributed by atoms with Crippen LogP contribution < -0.4 is 10.2 Å². The summed E-state index contributed by atoms with van der Waals surface area (Å²) in [6.07, 6.45) is 4.91. The van der Waals surface area contributed by atoms with E-state index in [-0.39, 0.29) is 5.60 Å². The number of nitrogens with zero attached hydrogens (tertiary/aromatic N) is 4. The second-order valence-electron chi connectivity index (χ2n) is 6.77. The van der Waals surface area contributed by atoms with Crippen LogP contribution in [-0.2, 0) is 4.74 Å². The van der Waals surface area contributed by atoms with Crippen molar-refractivity contribution in [3.8, 4) is 0 Å². The van der Waals surface area contributed by atoms with E-state index in [1.165, 1.54) is 0 Å². The Hall–Kier alpha value is -2.21. The van der Waals surface area contributed by atoms with Crippen molar-refractivity contribution in [2.24, 2.45) is 0 Å². The Balaban J connectivity index is 1.34. The van der Waals surface area contributed by atoms with Crippen LogP contribution in [0.4, 0.5) is 11.6 Å². The summed E-state index contributed by atoms with van der Waals surface area (Å²) in [4.78, 5) is 6.65. The van der Waals surface area contributed by atoms with E-state index in [4.69, 9.17) is 4.74 Å². The molecule has 6 heteroatoms. The predicted molar refractivity (Wildman–Crippen MR) is 93.2 cm³/mol. The third-order valence-corrected chi connectivity index (χ3v) is 5.01. The van der Waals surface area contributed by atoms with Gasteiger partial charge >= 0.3 is 0 Å². The van der Waals surface area contributed by atoms with E-state index in [0.717, 1.165) is 56.3 Å². The molecule has 1 unspecified atom stereocenters. The smallest absolute Gasteiger partial charge is 0.151 e. The van der Waals surface area contributed by atoms with Crippen molar-refractivity contribution in [3.63, 3.8) is 0 Å². The first-order valence-corrected chi connectivity index (χ1v) is 8.59. The Bertz CT molecular complexity index is 668. The Morgan fingerprint density at radius 1 is 1.17 bits per heavy atom. The zero-order valence-electron chi connectivity index (χ0n) is 14.0. The van der Waals surface area contributed by atoms with Gasteiger partial charge in [-0.05, 0) is 50.5 Å². The van der Waals surface area contributed by atoms with E-state index >= 15 is 0 Å². The van der Waals surface area contributed by atoms with Crippen LogP contribution >= 0.6 is 0 Å². The van der Waals surface area contributed by atoms with Crippen LogP contribution in [-0.4, -0.2) is 46.5 Å². The lowest BCUT2D eigenvalue weighted by Gasteiger charge is -2.39. The second kappa shape index (κ2) is 6.36. The fourth-order valence-electron chi connectivity index (χ4n) is 3.65. The minimum Gasteiger partial charge on any atom is -0.373 e. The van der Waals surface area contributed by atoms with Crippen molar-refractivity contribution >= 4 is 11.6 Å². The summed E-state index contributed by atoms with van der Waals surface area (Å²) in [6.45, 7) is 4.64. The predicted octanol–water partition coefficient (Wildman–Crippen LogP) is 2.42. The Labute approximate surface area is 142 Å². The van der Waals surface area contributed by atoms with Gasteiger partial charge in [-0.25, -0.2) is 4.98 Å². The van der Waals surface area contributed by atoms with Crippen molar-refractivity contribution in [1.29, 1.82) is 0 Å². The van der Waals surface area contributed by atoms with Crippen LogP contribution in [0.2, 0.25) is 0 Å². The van der Waals surface area contributed by atoms with Gasteiger partial charge in [-0.2, -0.15) is 5.10 Å². The van der Waals surface area contributed by atoms with Gasteiger partial charge in [0.2, 0.25) is 0 Å². The number of pyridine rings is 1. The largest absolute Gasteiger partial charge is 0.373 e. The molecule has 0 bridgehead atoms. The summed E-state index contributed by atoms with van der Waals surface area (Å²) < 4.78 is 6.22. The quantitative estimate of drug-likeness (QED) is 0.935. The highest BCUT2D eigenvalue weighted by Crippen LogP contribution is 2.37. The lowest BCUT2D eigenvalue weighted by atomic mass is 9.87. The van der Waals surface area contributed by atoms with Gasteiger partial charge in [0.05, 0.1) is 23.9 Å². The molecule has 1 N–H and O–H groups in total. The molecule has 2 aromatic rings. The number of hydrogen-bond acceptors (Lipinski definition) is 6. The molecule has 1 spiro atoms. The summed E-state index contributed by atoms with van der Waals surface area (Å²) >= 11 is 0. The van der Waals surface area contributed by atoms with Crippen LogP contribution in [0.3, 0.4) is 0 Å². The molecule has 2 aliphatic rings. The number of ether oxygens (including phenoxy) is 1. The zero-order valence-corrected chi connectivity index (χ0v) is 14.0. The number of rotatable bonds is 3. The van der Waals surface area contributed by atoms with Gasteiger partial charge in [-0.1, -0.05) is 6.07 Å². The van der Waals surface area contributed by atoms with Gasteiger partial charge in [0.15, 0.2) is 5.82 Å². The third-order valence-electron chi connectivity index (χ3n) is 5.01. The molecule has 2 aromatic heterocycles. The molecule has 2 fully saturated rings. The standard InChI is InChI=1S/C18H23N5O/c1-14-5-6-17(22-21-14)23-10-7-18(8-11-23)12-15(13-24-18)20-16-4-2-3-9-19-16/h2-6,9,15H,7-8,10-13H2,1H3,(H,19,20). The number of aryl methyl sites for hydroxylation is 1. The van der Waals surface area contributed by atoms with Gasteiger partial charge in [0.25, 0.3) is 0 Å². The van der Waals surface area contributed by atoms with Crippen molar-refractivity contribution < 1.29 is 4.74 Å². The maximum absolute atomic E-state index is 6.22. The number of aromatic nitrogens is 3. The van der Waals surface area contributed by atoms with Crippen LogP contribution in [0.5, 0.6) is 0 Å². The first kappa shape index (κ1) is 15.3. The first-order chi connectivity index (χ1) is 11.7. The van der Waals surface area contributed by atoms with Crippen molar-refractivity contribution in [3.05, 3.63) is 42.2 Å². The number of anilines is 2. The summed E-state index contributed by atoms with van der Waals surface area (Å²) in [7, 11) is 0. The Morgan fingerprint density at radius 2 is 2.04 bits per heavy atom. The van der Waals surface area contributed by atoms with Gasteiger partial charge in [0, 0.05) is 19.3 Å². The fourth-order valence-corrected chi connectivity index (χ4v) is 3.65. The fraction of sp³-hybridized carbons (Fsp3) is 0.500. The molecular formula is C18H23N5O. The number of piperidine rings is 1. The molecule has 126 valence electrons. The van der Waals surface area contributed by atoms with Crippen LogP contribution in [0.15, 0.2) is 36.5 Å². The minimum absolute atomic E-state index is 0.00106. The Morgan fingerprint density at radius 3 is 2.75 bits per heavy atom. The molecule has 1 atom stereocenters. The molecule has 0 radical (unpaired) electrons. The summed E-state index contributed by atoms with van der Waals surface area (Å²) in [5.41, 5.74) is 0.955. The van der Waals surface area contributed by atoms with Crippen LogP contribution in [0.25, 0.3) is 0 Å². The summed E-state index contributed by atoms with van der Waals surface area (Å²) in [5.74, 6) is 1.90. The topological polar surface area (TPSA) is 63.2 Å². The maximum Gasteiger partial charge on any atom is 0.151 e. The zero-order chi connectivity index (χ0) is 16.4. The monoisotopic (exact) mass is 325 g/mol. The van der Waals surface area contributed by atoms with E-state index < -0.39 is 0 Å². The van der Waals surface area contributed by atoms with E-state index in [1.54, 1.807) is 0 Å². The van der Waals surface area contributed by atoms with E-state index in [1.807, 2.05) is 37.4 Å². The summed E-state index contributed by atoms with van der Waals surface area (Å²) in [5, 5.41) is 12.0.